The summed E-state index contributed by atoms with van der Waals surface area (Å²) < 4.78 is 24.4. The van der Waals surface area contributed by atoms with Crippen molar-refractivity contribution in [2.75, 3.05) is 48.4 Å². The number of benzene rings is 3. The average molecular weight is 899 g/mol. The van der Waals surface area contributed by atoms with Gasteiger partial charge in [-0.2, -0.15) is 0 Å². The van der Waals surface area contributed by atoms with Gasteiger partial charge in [0.15, 0.2) is 10.9 Å². The molecular formula is C48H58N4O11S. The van der Waals surface area contributed by atoms with Gasteiger partial charge in [0, 0.05) is 93.0 Å². The Labute approximate surface area is 376 Å². The Balaban J connectivity index is 1.37. The summed E-state index contributed by atoms with van der Waals surface area (Å²) in [5, 5.41) is 50.6. The third kappa shape index (κ3) is 8.51. The average Bonchev–Trinajstić information content (AvgIpc) is 3.84. The van der Waals surface area contributed by atoms with Crippen LogP contribution in [0, 0.1) is 30.6 Å². The molecule has 0 radical (unpaired) electrons. The number of piperazine rings is 1. The van der Waals surface area contributed by atoms with Crippen molar-refractivity contribution in [1.29, 1.82) is 0 Å². The number of aromatic hydroxyl groups is 2. The number of ketones is 1. The molecule has 9 atom stereocenters. The first-order valence-corrected chi connectivity index (χ1v) is 22.4. The van der Waals surface area contributed by atoms with Gasteiger partial charge in [-0.25, -0.2) is 4.98 Å². The van der Waals surface area contributed by atoms with Crippen LogP contribution in [-0.4, -0.2) is 107 Å². The zero-order valence-corrected chi connectivity index (χ0v) is 38.4. The molecule has 4 heterocycles. The van der Waals surface area contributed by atoms with Crippen LogP contribution in [0.2, 0.25) is 0 Å². The third-order valence-corrected chi connectivity index (χ3v) is 14.2. The summed E-state index contributed by atoms with van der Waals surface area (Å²) in [5.74, 6) is -6.86. The number of nitrogens with zero attached hydrogens (tertiary/aromatic N) is 3. The third-order valence-electron chi connectivity index (χ3n) is 13.0. The van der Waals surface area contributed by atoms with E-state index in [0.29, 0.717) is 36.0 Å². The van der Waals surface area contributed by atoms with Crippen LogP contribution in [0.3, 0.4) is 0 Å². The molecule has 1 saturated heterocycles. The second kappa shape index (κ2) is 18.4. The highest BCUT2D eigenvalue weighted by atomic mass is 32.1. The number of nitrogens with one attached hydrogen (secondary N) is 1. The number of ether oxygens (including phenoxy) is 4. The van der Waals surface area contributed by atoms with E-state index in [1.54, 1.807) is 65.8 Å². The lowest BCUT2D eigenvalue weighted by Gasteiger charge is -2.38. The predicted molar refractivity (Wildman–Crippen MR) is 246 cm³/mol. The number of aliphatic hydroxyl groups is 2. The van der Waals surface area contributed by atoms with Gasteiger partial charge in [0.1, 0.15) is 23.3 Å². The lowest BCUT2D eigenvalue weighted by molar-refractivity contribution is -0.160. The smallest absolute Gasteiger partial charge is 0.312 e. The van der Waals surface area contributed by atoms with E-state index >= 15 is 0 Å². The van der Waals surface area contributed by atoms with Gasteiger partial charge in [-0.1, -0.05) is 75.5 Å². The maximum atomic E-state index is 14.8. The molecule has 3 aliphatic rings. The summed E-state index contributed by atoms with van der Waals surface area (Å²) in [6.07, 6.45) is 3.96. The number of Topliss-reactive ketones (excluding diaryl/α,β-unsaturated/α-hetero) is 1. The number of thiazole rings is 1. The number of phenolic OH excluding ortho intramolecular Hbond substituents is 2. The molecule has 0 saturated carbocycles. The quantitative estimate of drug-likeness (QED) is 0.104. The monoisotopic (exact) mass is 898 g/mol. The largest absolute Gasteiger partial charge is 0.507 e. The van der Waals surface area contributed by atoms with Gasteiger partial charge in [-0.05, 0) is 32.1 Å². The normalized spacial score (nSPS) is 30.1. The second-order valence-electron chi connectivity index (χ2n) is 17.3. The molecule has 9 unspecified atom stereocenters. The number of phenols is 2. The number of para-hydroxylation sites is 1. The van der Waals surface area contributed by atoms with Crippen LogP contribution >= 0.6 is 11.3 Å². The van der Waals surface area contributed by atoms with E-state index in [4.69, 9.17) is 23.9 Å². The Bertz CT molecular complexity index is 2530. The van der Waals surface area contributed by atoms with Crippen molar-refractivity contribution in [3.8, 4) is 17.2 Å². The number of rotatable bonds is 4. The van der Waals surface area contributed by atoms with Crippen molar-refractivity contribution in [3.63, 3.8) is 0 Å². The number of esters is 1. The molecule has 3 aromatic carbocycles. The molecule has 1 aromatic heterocycles. The minimum atomic E-state index is -1.96. The van der Waals surface area contributed by atoms with E-state index in [9.17, 15) is 34.8 Å². The molecule has 64 heavy (non-hydrogen) atoms. The van der Waals surface area contributed by atoms with Crippen molar-refractivity contribution in [2.24, 2.45) is 23.7 Å². The first kappa shape index (κ1) is 46.3. The number of fused-ring (bicyclic) bond motifs is 1. The van der Waals surface area contributed by atoms with E-state index in [1.807, 2.05) is 18.2 Å². The van der Waals surface area contributed by atoms with Crippen LogP contribution in [0.4, 0.5) is 16.5 Å². The van der Waals surface area contributed by atoms with Crippen LogP contribution in [0.1, 0.15) is 64.4 Å². The van der Waals surface area contributed by atoms with Gasteiger partial charge in [-0.3, -0.25) is 14.4 Å². The molecule has 16 heteroatoms. The molecule has 5 N–H and O–H groups in total. The molecule has 7 rings (SSSR count). The number of carbonyl (C=O) groups is 3. The number of hydrogen-bond donors (Lipinski definition) is 5. The van der Waals surface area contributed by atoms with E-state index < -0.39 is 77.3 Å². The van der Waals surface area contributed by atoms with Gasteiger partial charge >= 0.3 is 11.8 Å². The number of methoxy groups -OCH3 is 1. The zero-order chi connectivity index (χ0) is 46.4. The lowest BCUT2D eigenvalue weighted by atomic mass is 9.78. The van der Waals surface area contributed by atoms with Crippen molar-refractivity contribution < 1.29 is 53.8 Å². The highest BCUT2D eigenvalue weighted by Crippen LogP contribution is 2.55. The highest BCUT2D eigenvalue weighted by Gasteiger charge is 2.50. The van der Waals surface area contributed by atoms with Gasteiger partial charge in [-0.15, -0.1) is 0 Å². The number of amides is 1. The Kier molecular flexibility index (Phi) is 13.3. The topological polar surface area (TPSA) is 200 Å². The molecule has 1 fully saturated rings. The van der Waals surface area contributed by atoms with E-state index in [0.717, 1.165) is 5.69 Å². The summed E-state index contributed by atoms with van der Waals surface area (Å²) in [6, 6.07) is 10.1. The van der Waals surface area contributed by atoms with Gasteiger partial charge in [0.05, 0.1) is 45.7 Å². The molecular weight excluding hydrogens is 841 g/mol. The number of carbonyl (C=O) groups excluding carboxylic acids is 3. The summed E-state index contributed by atoms with van der Waals surface area (Å²) in [4.78, 5) is 50.6. The van der Waals surface area contributed by atoms with Gasteiger partial charge < -0.3 is 54.5 Å². The fourth-order valence-corrected chi connectivity index (χ4v) is 10.2. The SMILES string of the molecule is COC1/C=C/OC2(C)Oc3c(C)c(O)c4c(O)c(c5sc(N6CCN(c7ccccc7)CC6)nc5c4c3C2=O)NC(=O)/C(C)=C\C=C\C(C)C(O)C(C)C(O)C(C)C(OC(C)=O)C1C. The Hall–Kier alpha value is -5.68. The first-order valence-electron chi connectivity index (χ1n) is 21.6. The summed E-state index contributed by atoms with van der Waals surface area (Å²) >= 11 is 1.25. The molecule has 4 bridgehead atoms. The maximum absolute atomic E-state index is 14.8. The fraction of sp³-hybridized carbons (Fsp3) is 0.458. The lowest BCUT2D eigenvalue weighted by Crippen LogP contribution is -2.46. The van der Waals surface area contributed by atoms with Crippen LogP contribution in [-0.2, 0) is 23.8 Å². The highest BCUT2D eigenvalue weighted by molar-refractivity contribution is 7.23. The van der Waals surface area contributed by atoms with Crippen LogP contribution in [0.25, 0.3) is 21.0 Å². The zero-order valence-electron chi connectivity index (χ0n) is 37.6. The molecule has 342 valence electrons. The number of hydrogen-bond acceptors (Lipinski definition) is 15. The van der Waals surface area contributed by atoms with Crippen molar-refractivity contribution in [3.05, 3.63) is 77.6 Å². The van der Waals surface area contributed by atoms with Gasteiger partial charge in [0.2, 0.25) is 0 Å². The summed E-state index contributed by atoms with van der Waals surface area (Å²) in [6.45, 7) is 15.5. The molecule has 0 spiro atoms. The Morgan fingerprint density at radius 3 is 2.25 bits per heavy atom. The van der Waals surface area contributed by atoms with E-state index in [-0.39, 0.29) is 50.2 Å². The number of aliphatic hydroxyl groups excluding tert-OH is 2. The van der Waals surface area contributed by atoms with Crippen LogP contribution in [0.15, 0.2) is 66.5 Å². The van der Waals surface area contributed by atoms with Crippen LogP contribution < -0.4 is 19.9 Å². The Morgan fingerprint density at radius 2 is 1.59 bits per heavy atom. The second-order valence-corrected chi connectivity index (χ2v) is 18.3. The maximum Gasteiger partial charge on any atom is 0.312 e. The fourth-order valence-electron chi connectivity index (χ4n) is 9.04. The molecule has 15 nitrogen and oxygen atoms in total. The minimum absolute atomic E-state index is 0.0147. The van der Waals surface area contributed by atoms with E-state index in [1.165, 1.54) is 38.6 Å². The van der Waals surface area contributed by atoms with Gasteiger partial charge in [0.25, 0.3) is 11.7 Å². The molecule has 1 amide bonds. The van der Waals surface area contributed by atoms with Crippen LogP contribution in [0.5, 0.6) is 17.2 Å². The minimum Gasteiger partial charge on any atom is -0.507 e. The van der Waals surface area contributed by atoms with Crippen molar-refractivity contribution in [1.82, 2.24) is 4.98 Å². The molecule has 4 aromatic rings. The standard InChI is InChI=1S/C48H58N4O11S/c1-24-14-13-15-25(2)46(59)49-37-41(57)34-33(36-44(37)64-47(50-36)52-21-19-51(20-22-52)31-16-11-10-12-17-31)35-43(29(6)40(34)56)63-48(8,45(35)58)61-23-18-32(60-9)26(3)42(62-30(7)53)28(5)39(55)27(4)38(24)54/h10-18,23-24,26-28,32,38-39,42,54-57H,19-22H2,1-9H3,(H,49,59)/b14-13+,23-18+,25-15-. The molecule has 3 aliphatic heterocycles. The summed E-state index contributed by atoms with van der Waals surface area (Å²) in [7, 11) is 1.47. The summed E-state index contributed by atoms with van der Waals surface area (Å²) in [5.41, 5.74) is 1.85. The first-order chi connectivity index (χ1) is 30.4. The predicted octanol–water partition coefficient (Wildman–Crippen LogP) is 6.98. The number of anilines is 3. The van der Waals surface area contributed by atoms with E-state index in [2.05, 4.69) is 27.2 Å². The van der Waals surface area contributed by atoms with Crippen molar-refractivity contribution >= 4 is 66.5 Å². The molecule has 0 aliphatic carbocycles. The number of aromatic nitrogens is 1. The Morgan fingerprint density at radius 1 is 0.922 bits per heavy atom. The number of allylic oxidation sites excluding steroid dienone is 2. The van der Waals surface area contributed by atoms with Crippen molar-refractivity contribution in [2.45, 2.75) is 85.6 Å².